The number of hydrogen-bond acceptors (Lipinski definition) is 4. The van der Waals surface area contributed by atoms with E-state index in [9.17, 15) is 9.90 Å². The second-order valence-corrected chi connectivity index (χ2v) is 7.26. The van der Waals surface area contributed by atoms with Crippen molar-refractivity contribution < 1.29 is 9.90 Å². The van der Waals surface area contributed by atoms with Gasteiger partial charge < -0.3 is 20.2 Å². The number of aliphatic hydroxyl groups excluding tert-OH is 1. The summed E-state index contributed by atoms with van der Waals surface area (Å²) < 4.78 is 0. The molecule has 0 bridgehead atoms. The minimum atomic E-state index is 0.0278. The lowest BCUT2D eigenvalue weighted by atomic mass is 9.99. The van der Waals surface area contributed by atoms with Crippen molar-refractivity contribution in [2.45, 2.75) is 44.7 Å². The van der Waals surface area contributed by atoms with E-state index >= 15 is 0 Å². The largest absolute Gasteiger partial charge is 0.396 e. The highest BCUT2D eigenvalue weighted by Gasteiger charge is 2.32. The van der Waals surface area contributed by atoms with E-state index in [1.165, 1.54) is 0 Å². The van der Waals surface area contributed by atoms with Gasteiger partial charge in [-0.2, -0.15) is 0 Å². The second kappa shape index (κ2) is 9.15. The third-order valence-corrected chi connectivity index (χ3v) is 5.10. The van der Waals surface area contributed by atoms with Crippen LogP contribution in [0.2, 0.25) is 0 Å². The molecule has 25 heavy (non-hydrogen) atoms. The molecule has 1 aliphatic carbocycles. The van der Waals surface area contributed by atoms with Gasteiger partial charge in [-0.15, -0.1) is 0 Å². The summed E-state index contributed by atoms with van der Waals surface area (Å²) in [7, 11) is 0. The predicted octanol–water partition coefficient (Wildman–Crippen LogP) is 1.85. The van der Waals surface area contributed by atoms with Crippen LogP contribution in [0, 0.1) is 5.92 Å². The summed E-state index contributed by atoms with van der Waals surface area (Å²) in [4.78, 5) is 21.2. The molecule has 1 aromatic heterocycles. The van der Waals surface area contributed by atoms with Crippen molar-refractivity contribution in [1.82, 2.24) is 20.1 Å². The van der Waals surface area contributed by atoms with Gasteiger partial charge in [0.1, 0.15) is 0 Å². The first-order valence-corrected chi connectivity index (χ1v) is 9.54. The third-order valence-electron chi connectivity index (χ3n) is 5.10. The fourth-order valence-electron chi connectivity index (χ4n) is 3.52. The average Bonchev–Trinajstić information content (AvgIpc) is 3.49. The molecule has 6 heteroatoms. The molecule has 0 spiro atoms. The Morgan fingerprint density at radius 2 is 2.24 bits per heavy atom. The number of carbonyl (C=O) groups excluding carboxylic acids is 1. The highest BCUT2D eigenvalue weighted by atomic mass is 16.3. The van der Waals surface area contributed by atoms with Crippen LogP contribution in [0.4, 0.5) is 4.79 Å². The summed E-state index contributed by atoms with van der Waals surface area (Å²) in [6.07, 6.45) is 7.21. The summed E-state index contributed by atoms with van der Waals surface area (Å²) >= 11 is 0. The number of likely N-dealkylation sites (tertiary alicyclic amines) is 1. The summed E-state index contributed by atoms with van der Waals surface area (Å²) in [5, 5.41) is 12.4. The van der Waals surface area contributed by atoms with E-state index in [-0.39, 0.29) is 12.6 Å². The number of piperidine rings is 1. The predicted molar refractivity (Wildman–Crippen MR) is 97.1 cm³/mol. The van der Waals surface area contributed by atoms with Gasteiger partial charge in [0.2, 0.25) is 0 Å². The Balaban J connectivity index is 1.38. The lowest BCUT2D eigenvalue weighted by molar-refractivity contribution is 0.119. The highest BCUT2D eigenvalue weighted by Crippen LogP contribution is 2.28. The molecule has 1 atom stereocenters. The molecule has 1 saturated heterocycles. The first kappa shape index (κ1) is 18.1. The molecular weight excluding hydrogens is 316 g/mol. The third kappa shape index (κ3) is 5.68. The molecule has 0 aromatic carbocycles. The molecule has 0 radical (unpaired) electrons. The standard InChI is InChI=1S/C19H30N4O2/c24-15-16-5-3-11-22(13-16)12-4-10-21-19(25)23(18-7-8-18)14-17-6-1-2-9-20-17/h1-2,6,9,16,18,24H,3-5,7-8,10-15H2,(H,21,25). The van der Waals surface area contributed by atoms with E-state index in [0.717, 1.165) is 57.4 Å². The Kier molecular flexibility index (Phi) is 6.64. The molecule has 2 amide bonds. The Morgan fingerprint density at radius 3 is 2.96 bits per heavy atom. The number of carbonyl (C=O) groups is 1. The summed E-state index contributed by atoms with van der Waals surface area (Å²) in [6.45, 7) is 4.65. The number of nitrogens with zero attached hydrogens (tertiary/aromatic N) is 3. The van der Waals surface area contributed by atoms with Crippen LogP contribution in [0.25, 0.3) is 0 Å². The van der Waals surface area contributed by atoms with E-state index < -0.39 is 0 Å². The fraction of sp³-hybridized carbons (Fsp3) is 0.684. The maximum Gasteiger partial charge on any atom is 0.318 e. The van der Waals surface area contributed by atoms with Crippen LogP contribution >= 0.6 is 0 Å². The van der Waals surface area contributed by atoms with Crippen molar-refractivity contribution in [3.8, 4) is 0 Å². The molecule has 1 aliphatic heterocycles. The number of rotatable bonds is 8. The lowest BCUT2D eigenvalue weighted by Gasteiger charge is -2.31. The number of aromatic nitrogens is 1. The number of aliphatic hydroxyl groups is 1. The zero-order chi connectivity index (χ0) is 17.5. The smallest absolute Gasteiger partial charge is 0.318 e. The summed E-state index contributed by atoms with van der Waals surface area (Å²) in [6, 6.07) is 6.22. The normalized spacial score (nSPS) is 21.1. The molecule has 138 valence electrons. The monoisotopic (exact) mass is 346 g/mol. The van der Waals surface area contributed by atoms with Crippen molar-refractivity contribution >= 4 is 6.03 Å². The molecule has 3 rings (SSSR count). The van der Waals surface area contributed by atoms with Crippen LogP contribution in [0.15, 0.2) is 24.4 Å². The van der Waals surface area contributed by atoms with Crippen LogP contribution < -0.4 is 5.32 Å². The van der Waals surface area contributed by atoms with Gasteiger partial charge >= 0.3 is 6.03 Å². The van der Waals surface area contributed by atoms with E-state index in [1.807, 2.05) is 23.1 Å². The van der Waals surface area contributed by atoms with Crippen molar-refractivity contribution in [1.29, 1.82) is 0 Å². The molecule has 2 N–H and O–H groups in total. The SMILES string of the molecule is O=C(NCCCN1CCCC(CO)C1)N(Cc1ccccn1)C1CC1. The highest BCUT2D eigenvalue weighted by molar-refractivity contribution is 5.74. The van der Waals surface area contributed by atoms with Crippen molar-refractivity contribution in [3.05, 3.63) is 30.1 Å². The van der Waals surface area contributed by atoms with E-state index in [2.05, 4.69) is 15.2 Å². The first-order valence-electron chi connectivity index (χ1n) is 9.54. The van der Waals surface area contributed by atoms with E-state index in [1.54, 1.807) is 6.20 Å². The lowest BCUT2D eigenvalue weighted by Crippen LogP contribution is -2.42. The molecule has 2 fully saturated rings. The van der Waals surface area contributed by atoms with Gasteiger partial charge in [-0.3, -0.25) is 4.98 Å². The quantitative estimate of drug-likeness (QED) is 0.705. The molecule has 1 unspecified atom stereocenters. The van der Waals surface area contributed by atoms with Crippen molar-refractivity contribution in [2.24, 2.45) is 5.92 Å². The average molecular weight is 346 g/mol. The number of pyridine rings is 1. The Labute approximate surface area is 150 Å². The molecule has 1 aromatic rings. The van der Waals surface area contributed by atoms with Crippen LogP contribution in [0.5, 0.6) is 0 Å². The number of amides is 2. The topological polar surface area (TPSA) is 68.7 Å². The van der Waals surface area contributed by atoms with Crippen LogP contribution in [0.1, 0.15) is 37.8 Å². The van der Waals surface area contributed by atoms with Gasteiger partial charge in [-0.1, -0.05) is 6.07 Å². The van der Waals surface area contributed by atoms with E-state index in [4.69, 9.17) is 0 Å². The minimum Gasteiger partial charge on any atom is -0.396 e. The summed E-state index contributed by atoms with van der Waals surface area (Å²) in [5.74, 6) is 0.423. The first-order chi connectivity index (χ1) is 12.3. The van der Waals surface area contributed by atoms with Crippen LogP contribution in [-0.2, 0) is 6.54 Å². The number of hydrogen-bond donors (Lipinski definition) is 2. The van der Waals surface area contributed by atoms with E-state index in [0.29, 0.717) is 25.0 Å². The summed E-state index contributed by atoms with van der Waals surface area (Å²) in [5.41, 5.74) is 0.938. The van der Waals surface area contributed by atoms with Gasteiger partial charge in [0, 0.05) is 31.9 Å². The van der Waals surface area contributed by atoms with Crippen LogP contribution in [0.3, 0.4) is 0 Å². The molecular formula is C19H30N4O2. The van der Waals surface area contributed by atoms with Crippen molar-refractivity contribution in [3.63, 3.8) is 0 Å². The van der Waals surface area contributed by atoms with Gasteiger partial charge in [0.05, 0.1) is 12.2 Å². The Bertz CT molecular complexity index is 535. The molecule has 2 aliphatic rings. The van der Waals surface area contributed by atoms with Gasteiger partial charge in [0.25, 0.3) is 0 Å². The number of nitrogens with one attached hydrogen (secondary N) is 1. The second-order valence-electron chi connectivity index (χ2n) is 7.26. The number of urea groups is 1. The molecule has 2 heterocycles. The fourth-order valence-corrected chi connectivity index (χ4v) is 3.52. The van der Waals surface area contributed by atoms with Gasteiger partial charge in [-0.25, -0.2) is 4.79 Å². The van der Waals surface area contributed by atoms with Crippen molar-refractivity contribution in [2.75, 3.05) is 32.8 Å². The zero-order valence-electron chi connectivity index (χ0n) is 14.9. The minimum absolute atomic E-state index is 0.0278. The zero-order valence-corrected chi connectivity index (χ0v) is 14.9. The Morgan fingerprint density at radius 1 is 1.36 bits per heavy atom. The van der Waals surface area contributed by atoms with Crippen LogP contribution in [-0.4, -0.2) is 64.7 Å². The maximum absolute atomic E-state index is 12.5. The molecule has 1 saturated carbocycles. The maximum atomic E-state index is 12.5. The van der Waals surface area contributed by atoms with Gasteiger partial charge in [0.15, 0.2) is 0 Å². The molecule has 6 nitrogen and oxygen atoms in total. The van der Waals surface area contributed by atoms with Gasteiger partial charge in [-0.05, 0) is 63.2 Å². The Hall–Kier alpha value is -1.66.